The summed E-state index contributed by atoms with van der Waals surface area (Å²) in [6.07, 6.45) is 1.14. The molecule has 0 aromatic heterocycles. The van der Waals surface area contributed by atoms with Crippen molar-refractivity contribution in [3.05, 3.63) is 0 Å². The Kier molecular flexibility index (Phi) is 3.18. The first-order valence-electron chi connectivity index (χ1n) is 3.64. The number of nitrogens with zero attached hydrogens (tertiary/aromatic N) is 1. The second-order valence-electron chi connectivity index (χ2n) is 2.58. The fourth-order valence-electron chi connectivity index (χ4n) is 1.07. The lowest BCUT2D eigenvalue weighted by atomic mass is 10.2. The van der Waals surface area contributed by atoms with Gasteiger partial charge in [-0.1, -0.05) is 0 Å². The van der Waals surface area contributed by atoms with Crippen LogP contribution in [0, 0.1) is 0 Å². The van der Waals surface area contributed by atoms with Crippen LogP contribution in [0.5, 0.6) is 0 Å². The maximum absolute atomic E-state index is 5.60. The van der Waals surface area contributed by atoms with Crippen LogP contribution in [0.1, 0.15) is 6.42 Å². The molecule has 0 bridgehead atoms. The molecule has 56 valence electrons. The quantitative estimate of drug-likeness (QED) is 0.480. The third-order valence-corrected chi connectivity index (χ3v) is 1.64. The highest BCUT2D eigenvalue weighted by molar-refractivity contribution is 6.04. The van der Waals surface area contributed by atoms with E-state index < -0.39 is 0 Å². The van der Waals surface area contributed by atoms with Gasteiger partial charge in [0.2, 0.25) is 0 Å². The van der Waals surface area contributed by atoms with Gasteiger partial charge in [0.05, 0.1) is 6.10 Å². The van der Waals surface area contributed by atoms with Crippen LogP contribution in [0.15, 0.2) is 0 Å². The third kappa shape index (κ3) is 2.29. The minimum absolute atomic E-state index is 0.132. The van der Waals surface area contributed by atoms with E-state index in [0.717, 1.165) is 26.1 Å². The normalized spacial score (nSPS) is 29.9. The van der Waals surface area contributed by atoms with Crippen molar-refractivity contribution in [3.8, 4) is 0 Å². The van der Waals surface area contributed by atoms with E-state index >= 15 is 0 Å². The fraction of sp³-hybridized carbons (Fsp3) is 1.00. The highest BCUT2D eigenvalue weighted by Gasteiger charge is 2.12. The standard InChI is InChI=1S/C6H13BN2O/c7-9-2-1-3-10-6(4-8)5-9/h6H,1-5,8H2. The summed E-state index contributed by atoms with van der Waals surface area (Å²) in [5, 5.41) is 0. The van der Waals surface area contributed by atoms with E-state index in [1.54, 1.807) is 4.81 Å². The Morgan fingerprint density at radius 1 is 1.70 bits per heavy atom. The van der Waals surface area contributed by atoms with Crippen molar-refractivity contribution in [2.24, 2.45) is 5.73 Å². The number of ether oxygens (including phenoxy) is 1. The average molecular weight is 140 g/mol. The average Bonchev–Trinajstić information content (AvgIpc) is 2.13. The van der Waals surface area contributed by atoms with Crippen molar-refractivity contribution in [1.29, 1.82) is 0 Å². The fourth-order valence-corrected chi connectivity index (χ4v) is 1.07. The SMILES string of the molecule is [B]N1CCCOC(CN)C1. The number of hydrogen-bond donors (Lipinski definition) is 1. The van der Waals surface area contributed by atoms with Crippen molar-refractivity contribution < 1.29 is 4.74 Å². The van der Waals surface area contributed by atoms with Gasteiger partial charge in [-0.05, 0) is 13.0 Å². The summed E-state index contributed by atoms with van der Waals surface area (Å²) in [5.74, 6) is 0. The van der Waals surface area contributed by atoms with Crippen LogP contribution in [0.3, 0.4) is 0 Å². The van der Waals surface area contributed by atoms with Crippen molar-refractivity contribution in [2.75, 3.05) is 26.2 Å². The van der Waals surface area contributed by atoms with Gasteiger partial charge in [-0.15, -0.1) is 0 Å². The molecular weight excluding hydrogens is 127 g/mol. The molecule has 0 saturated carbocycles. The molecule has 1 rings (SSSR count). The minimum atomic E-state index is 0.132. The molecule has 4 heteroatoms. The predicted molar refractivity (Wildman–Crippen MR) is 40.7 cm³/mol. The Balaban J connectivity index is 2.30. The Morgan fingerprint density at radius 3 is 3.20 bits per heavy atom. The van der Waals surface area contributed by atoms with Crippen LogP contribution in [0.4, 0.5) is 0 Å². The molecule has 0 aromatic carbocycles. The zero-order valence-corrected chi connectivity index (χ0v) is 6.12. The van der Waals surface area contributed by atoms with Crippen LogP contribution in [0.25, 0.3) is 0 Å². The van der Waals surface area contributed by atoms with E-state index in [-0.39, 0.29) is 6.10 Å². The van der Waals surface area contributed by atoms with Crippen LogP contribution >= 0.6 is 0 Å². The monoisotopic (exact) mass is 140 g/mol. The molecule has 1 unspecified atom stereocenters. The third-order valence-electron chi connectivity index (χ3n) is 1.64. The predicted octanol–water partition coefficient (Wildman–Crippen LogP) is -0.880. The van der Waals surface area contributed by atoms with Crippen molar-refractivity contribution in [2.45, 2.75) is 12.5 Å². The van der Waals surface area contributed by atoms with Gasteiger partial charge in [-0.25, -0.2) is 0 Å². The molecule has 2 radical (unpaired) electrons. The Hall–Kier alpha value is -0.0551. The van der Waals surface area contributed by atoms with Gasteiger partial charge < -0.3 is 15.3 Å². The molecular formula is C6H13BN2O. The summed E-state index contributed by atoms with van der Waals surface area (Å²) >= 11 is 0. The zero-order valence-electron chi connectivity index (χ0n) is 6.12. The van der Waals surface area contributed by atoms with E-state index in [2.05, 4.69) is 0 Å². The van der Waals surface area contributed by atoms with Crippen LogP contribution < -0.4 is 5.73 Å². The molecule has 1 aliphatic heterocycles. The van der Waals surface area contributed by atoms with E-state index in [1.165, 1.54) is 0 Å². The van der Waals surface area contributed by atoms with Gasteiger partial charge in [-0.3, -0.25) is 0 Å². The number of hydrogen-bond acceptors (Lipinski definition) is 3. The summed E-state index contributed by atoms with van der Waals surface area (Å²) in [6.45, 7) is 3.02. The van der Waals surface area contributed by atoms with Crippen LogP contribution in [-0.2, 0) is 4.74 Å². The van der Waals surface area contributed by atoms with E-state index in [0.29, 0.717) is 6.54 Å². The van der Waals surface area contributed by atoms with E-state index in [4.69, 9.17) is 18.5 Å². The summed E-state index contributed by atoms with van der Waals surface area (Å²) < 4.78 is 5.38. The Morgan fingerprint density at radius 2 is 2.50 bits per heavy atom. The van der Waals surface area contributed by atoms with Gasteiger partial charge >= 0.3 is 0 Å². The number of rotatable bonds is 1. The molecule has 0 aliphatic carbocycles. The lowest BCUT2D eigenvalue weighted by molar-refractivity contribution is 0.0681. The lowest BCUT2D eigenvalue weighted by Gasteiger charge is -2.17. The van der Waals surface area contributed by atoms with Gasteiger partial charge in [0.25, 0.3) is 0 Å². The molecule has 3 nitrogen and oxygen atoms in total. The first kappa shape index (κ1) is 8.05. The van der Waals surface area contributed by atoms with Gasteiger partial charge in [-0.2, -0.15) is 0 Å². The maximum atomic E-state index is 5.60. The summed E-state index contributed by atoms with van der Waals surface area (Å²) in [7, 11) is 5.60. The topological polar surface area (TPSA) is 38.5 Å². The Labute approximate surface area is 62.9 Å². The first-order valence-corrected chi connectivity index (χ1v) is 3.64. The van der Waals surface area contributed by atoms with E-state index in [1.807, 2.05) is 0 Å². The zero-order chi connectivity index (χ0) is 7.40. The minimum Gasteiger partial charge on any atom is -0.376 e. The molecule has 0 spiro atoms. The summed E-state index contributed by atoms with van der Waals surface area (Å²) in [5.41, 5.74) is 5.43. The molecule has 2 N–H and O–H groups in total. The smallest absolute Gasteiger partial charge is 0.182 e. The molecule has 1 fully saturated rings. The summed E-state index contributed by atoms with van der Waals surface area (Å²) in [4.78, 5) is 1.77. The molecule has 1 atom stereocenters. The summed E-state index contributed by atoms with van der Waals surface area (Å²) in [6, 6.07) is 0. The molecule has 0 amide bonds. The van der Waals surface area contributed by atoms with Crippen molar-refractivity contribution in [1.82, 2.24) is 4.81 Å². The maximum Gasteiger partial charge on any atom is 0.182 e. The molecule has 1 heterocycles. The second kappa shape index (κ2) is 3.96. The molecule has 1 aliphatic rings. The van der Waals surface area contributed by atoms with Gasteiger partial charge in [0.1, 0.15) is 0 Å². The molecule has 0 aromatic rings. The van der Waals surface area contributed by atoms with Crippen LogP contribution in [0.2, 0.25) is 0 Å². The number of nitrogens with two attached hydrogens (primary N) is 1. The largest absolute Gasteiger partial charge is 0.376 e. The van der Waals surface area contributed by atoms with Crippen molar-refractivity contribution in [3.63, 3.8) is 0 Å². The van der Waals surface area contributed by atoms with E-state index in [9.17, 15) is 0 Å². The van der Waals surface area contributed by atoms with Gasteiger partial charge in [0.15, 0.2) is 7.98 Å². The second-order valence-corrected chi connectivity index (χ2v) is 2.58. The highest BCUT2D eigenvalue weighted by Crippen LogP contribution is 2.01. The van der Waals surface area contributed by atoms with Crippen LogP contribution in [-0.4, -0.2) is 45.1 Å². The first-order chi connectivity index (χ1) is 4.83. The van der Waals surface area contributed by atoms with Gasteiger partial charge in [0, 0.05) is 19.7 Å². The molecule has 10 heavy (non-hydrogen) atoms. The Bertz CT molecular complexity index is 102. The lowest BCUT2D eigenvalue weighted by Crippen LogP contribution is -2.34. The highest BCUT2D eigenvalue weighted by atomic mass is 16.5. The molecule has 1 saturated heterocycles. The van der Waals surface area contributed by atoms with Crippen molar-refractivity contribution >= 4 is 7.98 Å².